The zero-order valence-corrected chi connectivity index (χ0v) is 12.8. The van der Waals surface area contributed by atoms with Gasteiger partial charge in [-0.3, -0.25) is 4.99 Å². The molecule has 1 aliphatic rings. The third-order valence-corrected chi connectivity index (χ3v) is 4.32. The van der Waals surface area contributed by atoms with Crippen LogP contribution in [0.15, 0.2) is 66.3 Å². The van der Waals surface area contributed by atoms with Crippen LogP contribution in [0.2, 0.25) is 0 Å². The van der Waals surface area contributed by atoms with Gasteiger partial charge in [-0.2, -0.15) is 0 Å². The molecule has 0 saturated carbocycles. The van der Waals surface area contributed by atoms with Crippen molar-refractivity contribution in [2.24, 2.45) is 10.7 Å². The highest BCUT2D eigenvalue weighted by Crippen LogP contribution is 2.33. The van der Waals surface area contributed by atoms with Gasteiger partial charge in [0.15, 0.2) is 0 Å². The number of hydrogen-bond donors (Lipinski definition) is 1. The molecular formula is C18H17N5. The maximum Gasteiger partial charge on any atom is 0.143 e. The van der Waals surface area contributed by atoms with E-state index >= 15 is 0 Å². The fourth-order valence-corrected chi connectivity index (χ4v) is 3.11. The summed E-state index contributed by atoms with van der Waals surface area (Å²) in [4.78, 5) is 13.0. The fraction of sp³-hybridized carbons (Fsp3) is 0.167. The van der Waals surface area contributed by atoms with Gasteiger partial charge in [0.25, 0.3) is 0 Å². The number of aliphatic imine (C=N–C) groups is 1. The molecule has 0 amide bonds. The Morgan fingerprint density at radius 3 is 2.74 bits per heavy atom. The van der Waals surface area contributed by atoms with Crippen LogP contribution in [0.1, 0.15) is 18.2 Å². The van der Waals surface area contributed by atoms with Crippen molar-refractivity contribution < 1.29 is 0 Å². The average molecular weight is 303 g/mol. The molecule has 0 fully saturated rings. The van der Waals surface area contributed by atoms with E-state index in [-0.39, 0.29) is 5.54 Å². The molecule has 1 aliphatic heterocycles. The van der Waals surface area contributed by atoms with Gasteiger partial charge in [0.2, 0.25) is 0 Å². The number of fused-ring (bicyclic) bond motifs is 1. The Morgan fingerprint density at radius 2 is 1.91 bits per heavy atom. The predicted octanol–water partition coefficient (Wildman–Crippen LogP) is 2.58. The molecule has 0 saturated heterocycles. The molecular weight excluding hydrogens is 286 g/mol. The number of aromatic nitrogens is 3. The summed E-state index contributed by atoms with van der Waals surface area (Å²) in [5, 5.41) is 0. The molecule has 3 heterocycles. The van der Waals surface area contributed by atoms with E-state index in [1.165, 1.54) is 6.33 Å². The van der Waals surface area contributed by atoms with Gasteiger partial charge in [-0.1, -0.05) is 18.2 Å². The molecule has 0 aliphatic carbocycles. The highest BCUT2D eigenvalue weighted by Gasteiger charge is 2.31. The molecule has 2 aromatic heterocycles. The van der Waals surface area contributed by atoms with Crippen molar-refractivity contribution in [3.63, 3.8) is 0 Å². The van der Waals surface area contributed by atoms with Crippen LogP contribution in [0.5, 0.6) is 0 Å². The number of rotatable bonds is 2. The molecule has 2 N–H and O–H groups in total. The van der Waals surface area contributed by atoms with Crippen molar-refractivity contribution in [3.8, 4) is 11.1 Å². The molecule has 0 spiro atoms. The van der Waals surface area contributed by atoms with Crippen molar-refractivity contribution in [1.29, 1.82) is 0 Å². The lowest BCUT2D eigenvalue weighted by atomic mass is 9.89. The summed E-state index contributed by atoms with van der Waals surface area (Å²) in [5.74, 6) is 0.581. The summed E-state index contributed by atoms with van der Waals surface area (Å²) in [6, 6.07) is 12.3. The van der Waals surface area contributed by atoms with Crippen LogP contribution in [0.25, 0.3) is 11.1 Å². The van der Waals surface area contributed by atoms with Crippen LogP contribution in [0, 0.1) is 0 Å². The third kappa shape index (κ3) is 2.30. The van der Waals surface area contributed by atoms with Gasteiger partial charge in [-0.05, 0) is 36.2 Å². The second-order valence-electron chi connectivity index (χ2n) is 6.00. The van der Waals surface area contributed by atoms with Crippen LogP contribution in [0.4, 0.5) is 0 Å². The molecule has 23 heavy (non-hydrogen) atoms. The average Bonchev–Trinajstić information content (AvgIpc) is 3.04. The first-order valence-corrected chi connectivity index (χ1v) is 7.52. The lowest BCUT2D eigenvalue weighted by Crippen LogP contribution is -2.36. The number of nitrogens with two attached hydrogens (primary N) is 1. The molecule has 1 unspecified atom stereocenters. The number of hydrogen-bond acceptors (Lipinski definition) is 4. The molecule has 5 heteroatoms. The smallest absolute Gasteiger partial charge is 0.143 e. The van der Waals surface area contributed by atoms with Crippen LogP contribution in [-0.2, 0) is 12.1 Å². The minimum atomic E-state index is -0.387. The van der Waals surface area contributed by atoms with Crippen molar-refractivity contribution >= 4 is 5.84 Å². The summed E-state index contributed by atoms with van der Waals surface area (Å²) in [5.41, 5.74) is 9.96. The zero-order chi connectivity index (χ0) is 15.9. The summed E-state index contributed by atoms with van der Waals surface area (Å²) >= 11 is 0. The van der Waals surface area contributed by atoms with Crippen molar-refractivity contribution in [2.75, 3.05) is 0 Å². The van der Waals surface area contributed by atoms with Crippen molar-refractivity contribution in [3.05, 3.63) is 72.6 Å². The third-order valence-electron chi connectivity index (χ3n) is 4.32. The zero-order valence-electron chi connectivity index (χ0n) is 12.8. The van der Waals surface area contributed by atoms with E-state index in [2.05, 4.69) is 39.7 Å². The van der Waals surface area contributed by atoms with E-state index in [0.717, 1.165) is 28.9 Å². The lowest BCUT2D eigenvalue weighted by molar-refractivity contribution is 0.402. The molecule has 1 atom stereocenters. The lowest BCUT2D eigenvalue weighted by Gasteiger charge is -2.32. The Hall–Kier alpha value is -2.95. The molecule has 4 rings (SSSR count). The summed E-state index contributed by atoms with van der Waals surface area (Å²) in [6.45, 7) is 2.88. The Morgan fingerprint density at radius 1 is 1.09 bits per heavy atom. The first kappa shape index (κ1) is 13.7. The van der Waals surface area contributed by atoms with E-state index in [9.17, 15) is 0 Å². The van der Waals surface area contributed by atoms with Crippen molar-refractivity contribution in [2.45, 2.75) is 19.0 Å². The SMILES string of the molecule is CC1(c2cccc(-c3cncnc3)c2)Cn2cccc2C(N)=N1. The second kappa shape index (κ2) is 5.05. The van der Waals surface area contributed by atoms with Gasteiger partial charge in [0, 0.05) is 24.2 Å². The first-order valence-electron chi connectivity index (χ1n) is 7.52. The monoisotopic (exact) mass is 303 g/mol. The Labute approximate surface area is 134 Å². The van der Waals surface area contributed by atoms with Gasteiger partial charge in [0.1, 0.15) is 17.7 Å². The number of benzene rings is 1. The topological polar surface area (TPSA) is 69.1 Å². The molecule has 0 radical (unpaired) electrons. The van der Waals surface area contributed by atoms with Crippen LogP contribution < -0.4 is 5.73 Å². The minimum absolute atomic E-state index is 0.387. The van der Waals surface area contributed by atoms with Crippen molar-refractivity contribution in [1.82, 2.24) is 14.5 Å². The number of nitrogens with zero attached hydrogens (tertiary/aromatic N) is 4. The minimum Gasteiger partial charge on any atom is -0.382 e. The van der Waals surface area contributed by atoms with E-state index in [0.29, 0.717) is 5.84 Å². The fourth-order valence-electron chi connectivity index (χ4n) is 3.11. The van der Waals surface area contributed by atoms with E-state index < -0.39 is 0 Å². The Balaban J connectivity index is 1.78. The normalized spacial score (nSPS) is 20.0. The van der Waals surface area contributed by atoms with Gasteiger partial charge < -0.3 is 10.3 Å². The molecule has 0 bridgehead atoms. The van der Waals surface area contributed by atoms with E-state index in [1.54, 1.807) is 0 Å². The van der Waals surface area contributed by atoms with Gasteiger partial charge in [-0.25, -0.2) is 9.97 Å². The Bertz CT molecular complexity index is 881. The second-order valence-corrected chi connectivity index (χ2v) is 6.00. The molecule has 1 aromatic carbocycles. The maximum atomic E-state index is 6.16. The van der Waals surface area contributed by atoms with Crippen LogP contribution in [0.3, 0.4) is 0 Å². The standard InChI is InChI=1S/C18H17N5/c1-18(11-23-7-3-6-16(23)17(19)22-18)15-5-2-4-13(8-15)14-9-20-12-21-10-14/h2-10,12H,11H2,1H3,(H2,19,22). The molecule has 114 valence electrons. The first-order chi connectivity index (χ1) is 11.2. The van der Waals surface area contributed by atoms with Crippen LogP contribution >= 0.6 is 0 Å². The molecule has 5 nitrogen and oxygen atoms in total. The summed E-state index contributed by atoms with van der Waals surface area (Å²) in [6.07, 6.45) is 7.21. The largest absolute Gasteiger partial charge is 0.382 e. The summed E-state index contributed by atoms with van der Waals surface area (Å²) < 4.78 is 2.15. The highest BCUT2D eigenvalue weighted by atomic mass is 15.1. The molecule has 3 aromatic rings. The number of amidine groups is 1. The van der Waals surface area contributed by atoms with E-state index in [4.69, 9.17) is 10.7 Å². The Kier molecular flexibility index (Phi) is 3.01. The van der Waals surface area contributed by atoms with Gasteiger partial charge in [-0.15, -0.1) is 0 Å². The van der Waals surface area contributed by atoms with Gasteiger partial charge in [0.05, 0.1) is 12.2 Å². The van der Waals surface area contributed by atoms with Gasteiger partial charge >= 0.3 is 0 Å². The van der Waals surface area contributed by atoms with Crippen LogP contribution in [-0.4, -0.2) is 20.4 Å². The maximum absolute atomic E-state index is 6.16. The van der Waals surface area contributed by atoms with E-state index in [1.807, 2.05) is 36.8 Å². The highest BCUT2D eigenvalue weighted by molar-refractivity contribution is 5.97. The quantitative estimate of drug-likeness (QED) is 0.791. The predicted molar refractivity (Wildman–Crippen MR) is 90.0 cm³/mol. The summed E-state index contributed by atoms with van der Waals surface area (Å²) in [7, 11) is 0.